The van der Waals surface area contributed by atoms with E-state index in [1.54, 1.807) is 0 Å². The second kappa shape index (κ2) is 7.93. The fraction of sp³-hybridized carbons (Fsp3) is 0.632. The fourth-order valence-corrected chi connectivity index (χ4v) is 3.81. The van der Waals surface area contributed by atoms with Gasteiger partial charge in [0.25, 0.3) is 0 Å². The van der Waals surface area contributed by atoms with Crippen LogP contribution in [0.3, 0.4) is 0 Å². The van der Waals surface area contributed by atoms with Gasteiger partial charge in [-0.3, -0.25) is 4.79 Å². The number of carbonyl (C=O) groups excluding carboxylic acids is 1. The number of carbonyl (C=O) groups is 1. The number of piperidine rings is 1. The highest BCUT2D eigenvalue weighted by molar-refractivity contribution is 5.80. The molecule has 2 saturated heterocycles. The molecule has 0 aromatic heterocycles. The quantitative estimate of drug-likeness (QED) is 0.873. The standard InChI is InChI=1S/C19H29N3O/c1-15-6-5-7-16(10-15)11-20-12-17-13-21-14-18(17)19(23)22-8-3-2-4-9-22/h5-7,10,17-18,20-21H,2-4,8-9,11-14H2,1H3/t17-,18+/m1/s1. The third-order valence-electron chi connectivity index (χ3n) is 5.14. The number of likely N-dealkylation sites (tertiary alicyclic amines) is 1. The van der Waals surface area contributed by atoms with Crippen LogP contribution in [0.5, 0.6) is 0 Å². The molecule has 1 amide bonds. The van der Waals surface area contributed by atoms with E-state index in [-0.39, 0.29) is 5.92 Å². The first kappa shape index (κ1) is 16.5. The summed E-state index contributed by atoms with van der Waals surface area (Å²) in [6, 6.07) is 8.60. The number of rotatable bonds is 5. The molecule has 2 atom stereocenters. The summed E-state index contributed by atoms with van der Waals surface area (Å²) in [4.78, 5) is 14.8. The van der Waals surface area contributed by atoms with Crippen molar-refractivity contribution in [1.29, 1.82) is 0 Å². The van der Waals surface area contributed by atoms with Crippen molar-refractivity contribution in [1.82, 2.24) is 15.5 Å². The Hall–Kier alpha value is -1.39. The largest absolute Gasteiger partial charge is 0.342 e. The number of benzene rings is 1. The number of hydrogen-bond donors (Lipinski definition) is 2. The Balaban J connectivity index is 1.49. The van der Waals surface area contributed by atoms with Gasteiger partial charge < -0.3 is 15.5 Å². The van der Waals surface area contributed by atoms with Gasteiger partial charge >= 0.3 is 0 Å². The number of amides is 1. The molecule has 2 fully saturated rings. The molecule has 1 aromatic rings. The average molecular weight is 315 g/mol. The van der Waals surface area contributed by atoms with Gasteiger partial charge in [-0.1, -0.05) is 29.8 Å². The summed E-state index contributed by atoms with van der Waals surface area (Å²) >= 11 is 0. The molecule has 0 saturated carbocycles. The number of aryl methyl sites for hydroxylation is 1. The molecule has 0 spiro atoms. The van der Waals surface area contributed by atoms with Crippen LogP contribution >= 0.6 is 0 Å². The maximum Gasteiger partial charge on any atom is 0.227 e. The molecule has 0 unspecified atom stereocenters. The molecular weight excluding hydrogens is 286 g/mol. The van der Waals surface area contributed by atoms with Crippen LogP contribution in [-0.4, -0.2) is 43.5 Å². The van der Waals surface area contributed by atoms with Crippen LogP contribution in [0.1, 0.15) is 30.4 Å². The summed E-state index contributed by atoms with van der Waals surface area (Å²) < 4.78 is 0. The van der Waals surface area contributed by atoms with Crippen molar-refractivity contribution in [3.63, 3.8) is 0 Å². The molecule has 3 rings (SSSR count). The van der Waals surface area contributed by atoms with Gasteiger partial charge in [-0.05, 0) is 37.7 Å². The molecule has 126 valence electrons. The Morgan fingerprint density at radius 3 is 2.87 bits per heavy atom. The first-order valence-electron chi connectivity index (χ1n) is 9.00. The molecule has 2 aliphatic heterocycles. The zero-order valence-electron chi connectivity index (χ0n) is 14.2. The molecule has 23 heavy (non-hydrogen) atoms. The summed E-state index contributed by atoms with van der Waals surface area (Å²) in [7, 11) is 0. The Labute approximate surface area is 139 Å². The van der Waals surface area contributed by atoms with Crippen molar-refractivity contribution < 1.29 is 4.79 Å². The van der Waals surface area contributed by atoms with Gasteiger partial charge in [0, 0.05) is 39.3 Å². The predicted molar refractivity (Wildman–Crippen MR) is 93.2 cm³/mol. The summed E-state index contributed by atoms with van der Waals surface area (Å²) in [6.07, 6.45) is 3.61. The van der Waals surface area contributed by atoms with Gasteiger partial charge in [-0.2, -0.15) is 0 Å². The summed E-state index contributed by atoms with van der Waals surface area (Å²) in [5.74, 6) is 0.935. The van der Waals surface area contributed by atoms with E-state index in [9.17, 15) is 4.79 Å². The fourth-order valence-electron chi connectivity index (χ4n) is 3.81. The Morgan fingerprint density at radius 1 is 1.26 bits per heavy atom. The number of nitrogens with zero attached hydrogens (tertiary/aromatic N) is 1. The topological polar surface area (TPSA) is 44.4 Å². The van der Waals surface area contributed by atoms with Crippen molar-refractivity contribution in [3.05, 3.63) is 35.4 Å². The smallest absolute Gasteiger partial charge is 0.227 e. The maximum absolute atomic E-state index is 12.7. The molecule has 4 nitrogen and oxygen atoms in total. The minimum atomic E-state index is 0.151. The Morgan fingerprint density at radius 2 is 2.09 bits per heavy atom. The summed E-state index contributed by atoms with van der Waals surface area (Å²) in [6.45, 7) is 7.61. The monoisotopic (exact) mass is 315 g/mol. The van der Waals surface area contributed by atoms with Crippen molar-refractivity contribution in [2.24, 2.45) is 11.8 Å². The van der Waals surface area contributed by atoms with E-state index in [0.717, 1.165) is 39.3 Å². The van der Waals surface area contributed by atoms with Crippen LogP contribution in [-0.2, 0) is 11.3 Å². The van der Waals surface area contributed by atoms with Gasteiger partial charge in [-0.25, -0.2) is 0 Å². The molecule has 2 heterocycles. The van der Waals surface area contributed by atoms with E-state index >= 15 is 0 Å². The first-order chi connectivity index (χ1) is 11.2. The van der Waals surface area contributed by atoms with Gasteiger partial charge in [0.05, 0.1) is 5.92 Å². The third kappa shape index (κ3) is 4.33. The van der Waals surface area contributed by atoms with Crippen LogP contribution in [0.2, 0.25) is 0 Å². The van der Waals surface area contributed by atoms with E-state index in [1.807, 2.05) is 0 Å². The van der Waals surface area contributed by atoms with Gasteiger partial charge in [0.1, 0.15) is 0 Å². The Bertz CT molecular complexity index is 525. The zero-order valence-corrected chi connectivity index (χ0v) is 14.2. The highest BCUT2D eigenvalue weighted by atomic mass is 16.2. The normalized spacial score (nSPS) is 24.8. The van der Waals surface area contributed by atoms with Crippen LogP contribution in [0.15, 0.2) is 24.3 Å². The predicted octanol–water partition coefficient (Wildman–Crippen LogP) is 1.93. The second-order valence-corrected chi connectivity index (χ2v) is 7.03. The van der Waals surface area contributed by atoms with E-state index in [2.05, 4.69) is 46.7 Å². The third-order valence-corrected chi connectivity index (χ3v) is 5.14. The minimum Gasteiger partial charge on any atom is -0.342 e. The molecule has 2 aliphatic rings. The average Bonchev–Trinajstić information content (AvgIpc) is 3.03. The lowest BCUT2D eigenvalue weighted by atomic mass is 9.93. The lowest BCUT2D eigenvalue weighted by molar-refractivity contribution is -0.137. The lowest BCUT2D eigenvalue weighted by Gasteiger charge is -2.31. The minimum absolute atomic E-state index is 0.151. The van der Waals surface area contributed by atoms with Crippen molar-refractivity contribution >= 4 is 5.91 Å². The highest BCUT2D eigenvalue weighted by Gasteiger charge is 2.35. The maximum atomic E-state index is 12.7. The number of nitrogens with one attached hydrogen (secondary N) is 2. The van der Waals surface area contributed by atoms with Crippen LogP contribution in [0.25, 0.3) is 0 Å². The van der Waals surface area contributed by atoms with Crippen molar-refractivity contribution in [3.8, 4) is 0 Å². The zero-order chi connectivity index (χ0) is 16.1. The molecule has 4 heteroatoms. The SMILES string of the molecule is Cc1cccc(CNC[C@@H]2CNC[C@@H]2C(=O)N2CCCCC2)c1. The molecule has 0 radical (unpaired) electrons. The van der Waals surface area contributed by atoms with Crippen LogP contribution in [0.4, 0.5) is 0 Å². The summed E-state index contributed by atoms with van der Waals surface area (Å²) in [5.41, 5.74) is 2.61. The van der Waals surface area contributed by atoms with Crippen LogP contribution in [0, 0.1) is 18.8 Å². The van der Waals surface area contributed by atoms with E-state index in [0.29, 0.717) is 11.8 Å². The first-order valence-corrected chi connectivity index (χ1v) is 9.00. The molecule has 2 N–H and O–H groups in total. The molecule has 0 aliphatic carbocycles. The number of hydrogen-bond acceptors (Lipinski definition) is 3. The Kier molecular flexibility index (Phi) is 5.68. The second-order valence-electron chi connectivity index (χ2n) is 7.03. The molecule has 1 aromatic carbocycles. The van der Waals surface area contributed by atoms with E-state index in [1.165, 1.54) is 30.4 Å². The van der Waals surface area contributed by atoms with E-state index < -0.39 is 0 Å². The highest BCUT2D eigenvalue weighted by Crippen LogP contribution is 2.21. The van der Waals surface area contributed by atoms with Gasteiger partial charge in [0.2, 0.25) is 5.91 Å². The van der Waals surface area contributed by atoms with Crippen molar-refractivity contribution in [2.45, 2.75) is 32.7 Å². The van der Waals surface area contributed by atoms with Crippen LogP contribution < -0.4 is 10.6 Å². The van der Waals surface area contributed by atoms with Gasteiger partial charge in [-0.15, -0.1) is 0 Å². The lowest BCUT2D eigenvalue weighted by Crippen LogP contribution is -2.43. The van der Waals surface area contributed by atoms with E-state index in [4.69, 9.17) is 0 Å². The summed E-state index contributed by atoms with van der Waals surface area (Å²) in [5, 5.41) is 6.96. The molecule has 0 bridgehead atoms. The van der Waals surface area contributed by atoms with Gasteiger partial charge in [0.15, 0.2) is 0 Å². The molecular formula is C19H29N3O. The van der Waals surface area contributed by atoms with Crippen molar-refractivity contribution in [2.75, 3.05) is 32.7 Å².